The molecule has 1 aliphatic rings. The molecule has 3 N–H and O–H groups in total. The van der Waals surface area contributed by atoms with Crippen molar-refractivity contribution < 1.29 is 23.1 Å². The van der Waals surface area contributed by atoms with E-state index in [1.165, 1.54) is 28.5 Å². The fourth-order valence-corrected chi connectivity index (χ4v) is 6.12. The molecule has 0 saturated heterocycles. The van der Waals surface area contributed by atoms with Crippen molar-refractivity contribution in [1.82, 2.24) is 10.0 Å². The zero-order valence-electron chi connectivity index (χ0n) is 22.8. The molecule has 1 rings (SSSR count). The molecule has 0 radical (unpaired) electrons. The van der Waals surface area contributed by atoms with Crippen LogP contribution in [-0.2, 0) is 19.6 Å². The molecule has 0 heterocycles. The van der Waals surface area contributed by atoms with Gasteiger partial charge in [-0.25, -0.2) is 17.9 Å². The zero-order valence-corrected chi connectivity index (χ0v) is 24.4. The van der Waals surface area contributed by atoms with E-state index in [-0.39, 0.29) is 11.7 Å². The second kappa shape index (κ2) is 16.3. The lowest BCUT2D eigenvalue weighted by molar-refractivity contribution is -0.141. The number of nitrogens with one attached hydrogen (secondary N) is 2. The highest BCUT2D eigenvalue weighted by molar-refractivity contribution is 7.99. The normalized spacial score (nSPS) is 17.3. The average Bonchev–Trinajstić information content (AvgIpc) is 3.64. The van der Waals surface area contributed by atoms with E-state index < -0.39 is 39.2 Å². The standard InChI is InChI=1S/C27H46N2O5S2/c1-7-22(6)25(29-36(33,34)23-14-15-23)26(30)28-24(27(31)32)18-35-17-16-21(5)13-9-12-20(4)11-8-10-19(2)3/h10,12,16,22-25,29H,7-9,11,13-15,17-18H2,1-6H3,(H,28,30)(H,31,32)/t22-,24?,25-/m0/s1. The molecule has 1 fully saturated rings. The quantitative estimate of drug-likeness (QED) is 0.162. The SMILES string of the molecule is CC[C@H](C)[C@H](NS(=O)(=O)C1CC1)C(=O)NC(CSCC=C(C)CCC=C(C)CCC=C(C)C)C(=O)O. The second-order valence-electron chi connectivity index (χ2n) is 10.1. The largest absolute Gasteiger partial charge is 0.480 e. The van der Waals surface area contributed by atoms with E-state index in [9.17, 15) is 23.1 Å². The fourth-order valence-electron chi connectivity index (χ4n) is 3.48. The number of carbonyl (C=O) groups is 2. The Morgan fingerprint density at radius 2 is 1.61 bits per heavy atom. The summed E-state index contributed by atoms with van der Waals surface area (Å²) in [6.07, 6.45) is 12.5. The maximum atomic E-state index is 12.9. The molecule has 36 heavy (non-hydrogen) atoms. The molecule has 0 aliphatic heterocycles. The number of carbonyl (C=O) groups excluding carboxylic acids is 1. The molecule has 1 aliphatic carbocycles. The Kier molecular flexibility index (Phi) is 14.7. The number of hydrogen-bond acceptors (Lipinski definition) is 5. The maximum absolute atomic E-state index is 12.9. The number of aliphatic carboxylic acids is 1. The van der Waals surface area contributed by atoms with Gasteiger partial charge in [-0.05, 0) is 72.1 Å². The van der Waals surface area contributed by atoms with Crippen molar-refractivity contribution in [3.63, 3.8) is 0 Å². The number of rotatable bonds is 18. The Bertz CT molecular complexity index is 916. The number of amides is 1. The molecule has 0 bridgehead atoms. The van der Waals surface area contributed by atoms with Crippen LogP contribution >= 0.6 is 11.8 Å². The third kappa shape index (κ3) is 13.1. The monoisotopic (exact) mass is 542 g/mol. The topological polar surface area (TPSA) is 113 Å². The van der Waals surface area contributed by atoms with Crippen LogP contribution in [0.15, 0.2) is 34.9 Å². The van der Waals surface area contributed by atoms with Crippen molar-refractivity contribution >= 4 is 33.7 Å². The molecule has 3 atom stereocenters. The lowest BCUT2D eigenvalue weighted by Crippen LogP contribution is -2.55. The molecule has 0 aromatic carbocycles. The second-order valence-corrected chi connectivity index (χ2v) is 13.2. The minimum Gasteiger partial charge on any atom is -0.480 e. The number of thioether (sulfide) groups is 1. The Morgan fingerprint density at radius 1 is 1.03 bits per heavy atom. The predicted molar refractivity (Wildman–Crippen MR) is 151 cm³/mol. The van der Waals surface area contributed by atoms with Crippen molar-refractivity contribution in [1.29, 1.82) is 0 Å². The summed E-state index contributed by atoms with van der Waals surface area (Å²) >= 11 is 1.43. The van der Waals surface area contributed by atoms with Crippen LogP contribution in [0.2, 0.25) is 0 Å². The van der Waals surface area contributed by atoms with E-state index in [2.05, 4.69) is 56.0 Å². The van der Waals surface area contributed by atoms with Gasteiger partial charge in [0.25, 0.3) is 0 Å². The van der Waals surface area contributed by atoms with Crippen LogP contribution in [0.25, 0.3) is 0 Å². The highest BCUT2D eigenvalue weighted by atomic mass is 32.2. The summed E-state index contributed by atoms with van der Waals surface area (Å²) in [6, 6.07) is -2.06. The first kappa shape index (κ1) is 32.4. The number of carboxylic acid groups (broad SMARTS) is 1. The molecule has 0 aromatic heterocycles. The van der Waals surface area contributed by atoms with E-state index in [1.807, 2.05) is 6.92 Å². The minimum absolute atomic E-state index is 0.205. The predicted octanol–water partition coefficient (Wildman–Crippen LogP) is 5.20. The Balaban J connectivity index is 2.54. The van der Waals surface area contributed by atoms with E-state index >= 15 is 0 Å². The Hall–Kier alpha value is -1.58. The summed E-state index contributed by atoms with van der Waals surface area (Å²) in [5, 5.41) is 11.7. The zero-order chi connectivity index (χ0) is 27.3. The van der Waals surface area contributed by atoms with Gasteiger partial charge in [-0.2, -0.15) is 11.8 Å². The van der Waals surface area contributed by atoms with Crippen LogP contribution in [-0.4, -0.2) is 54.2 Å². The lowest BCUT2D eigenvalue weighted by atomic mass is 9.99. The molecule has 1 saturated carbocycles. The van der Waals surface area contributed by atoms with Gasteiger partial charge in [0, 0.05) is 11.5 Å². The van der Waals surface area contributed by atoms with Crippen LogP contribution in [0, 0.1) is 5.92 Å². The summed E-state index contributed by atoms with van der Waals surface area (Å²) < 4.78 is 27.3. The summed E-state index contributed by atoms with van der Waals surface area (Å²) in [7, 11) is -3.57. The first-order valence-corrected chi connectivity index (χ1v) is 15.6. The van der Waals surface area contributed by atoms with Gasteiger partial charge in [-0.1, -0.05) is 55.2 Å². The average molecular weight is 543 g/mol. The molecule has 7 nitrogen and oxygen atoms in total. The van der Waals surface area contributed by atoms with Crippen molar-refractivity contribution in [2.75, 3.05) is 11.5 Å². The number of carboxylic acids is 1. The van der Waals surface area contributed by atoms with E-state index in [0.29, 0.717) is 25.0 Å². The summed E-state index contributed by atoms with van der Waals surface area (Å²) in [5.41, 5.74) is 3.99. The summed E-state index contributed by atoms with van der Waals surface area (Å²) in [6.45, 7) is 12.1. The highest BCUT2D eigenvalue weighted by Crippen LogP contribution is 2.28. The van der Waals surface area contributed by atoms with Crippen molar-refractivity contribution in [3.05, 3.63) is 34.9 Å². The van der Waals surface area contributed by atoms with Gasteiger partial charge >= 0.3 is 5.97 Å². The Morgan fingerprint density at radius 3 is 2.14 bits per heavy atom. The van der Waals surface area contributed by atoms with Gasteiger partial charge in [0.1, 0.15) is 12.1 Å². The highest BCUT2D eigenvalue weighted by Gasteiger charge is 2.40. The van der Waals surface area contributed by atoms with Gasteiger partial charge in [0.05, 0.1) is 5.25 Å². The van der Waals surface area contributed by atoms with E-state index in [4.69, 9.17) is 0 Å². The van der Waals surface area contributed by atoms with Gasteiger partial charge in [0.2, 0.25) is 15.9 Å². The van der Waals surface area contributed by atoms with Crippen LogP contribution in [0.4, 0.5) is 0 Å². The van der Waals surface area contributed by atoms with Crippen LogP contribution in [0.1, 0.15) is 86.5 Å². The fraction of sp³-hybridized carbons (Fsp3) is 0.704. The van der Waals surface area contributed by atoms with Gasteiger partial charge in [-0.15, -0.1) is 0 Å². The first-order valence-electron chi connectivity index (χ1n) is 12.9. The number of allylic oxidation sites excluding steroid dienone is 5. The molecule has 9 heteroatoms. The summed E-state index contributed by atoms with van der Waals surface area (Å²) in [4.78, 5) is 24.6. The smallest absolute Gasteiger partial charge is 0.327 e. The van der Waals surface area contributed by atoms with Crippen molar-refractivity contribution in [2.45, 2.75) is 104 Å². The molecule has 1 amide bonds. The van der Waals surface area contributed by atoms with Gasteiger partial charge < -0.3 is 10.4 Å². The third-order valence-electron chi connectivity index (χ3n) is 6.32. The number of sulfonamides is 1. The molecule has 206 valence electrons. The van der Waals surface area contributed by atoms with E-state index in [0.717, 1.165) is 25.7 Å². The number of hydrogen-bond donors (Lipinski definition) is 3. The molecular formula is C27H46N2O5S2. The van der Waals surface area contributed by atoms with Crippen LogP contribution in [0.3, 0.4) is 0 Å². The molecular weight excluding hydrogens is 496 g/mol. The van der Waals surface area contributed by atoms with E-state index in [1.54, 1.807) is 6.92 Å². The summed E-state index contributed by atoms with van der Waals surface area (Å²) in [5.74, 6) is -1.11. The molecule has 1 unspecified atom stereocenters. The van der Waals surface area contributed by atoms with Crippen LogP contribution < -0.4 is 10.0 Å². The van der Waals surface area contributed by atoms with Crippen LogP contribution in [0.5, 0.6) is 0 Å². The van der Waals surface area contributed by atoms with Crippen molar-refractivity contribution in [3.8, 4) is 0 Å². The van der Waals surface area contributed by atoms with Gasteiger partial charge in [-0.3, -0.25) is 4.79 Å². The van der Waals surface area contributed by atoms with Gasteiger partial charge in [0.15, 0.2) is 0 Å². The van der Waals surface area contributed by atoms with Crippen molar-refractivity contribution in [2.24, 2.45) is 5.92 Å². The minimum atomic E-state index is -3.57. The lowest BCUT2D eigenvalue weighted by Gasteiger charge is -2.25. The molecule has 0 spiro atoms. The first-order chi connectivity index (χ1) is 16.9. The Labute approximate surface area is 222 Å². The molecule has 0 aromatic rings. The third-order valence-corrected chi connectivity index (χ3v) is 9.22. The maximum Gasteiger partial charge on any atom is 0.327 e.